The SMILES string of the molecule is CC(C)C(NC(=O)c1ccccc1F)C(=O)N1C[C@@H](CN)[C@H](c2ccccc2)C1. The molecule has 3 N–H and O–H groups in total. The number of likely N-dealkylation sites (tertiary alicyclic amines) is 1. The van der Waals surface area contributed by atoms with E-state index in [1.54, 1.807) is 11.0 Å². The highest BCUT2D eigenvalue weighted by molar-refractivity contribution is 5.97. The van der Waals surface area contributed by atoms with Gasteiger partial charge in [0.25, 0.3) is 5.91 Å². The third kappa shape index (κ3) is 4.65. The fourth-order valence-electron chi connectivity index (χ4n) is 3.94. The minimum Gasteiger partial charge on any atom is -0.340 e. The van der Waals surface area contributed by atoms with Gasteiger partial charge in [0.1, 0.15) is 11.9 Å². The summed E-state index contributed by atoms with van der Waals surface area (Å²) < 4.78 is 14.0. The van der Waals surface area contributed by atoms with Gasteiger partial charge in [-0.25, -0.2) is 4.39 Å². The van der Waals surface area contributed by atoms with Crippen molar-refractivity contribution in [2.45, 2.75) is 25.8 Å². The molecular weight excluding hydrogens is 369 g/mol. The first-order chi connectivity index (χ1) is 13.9. The van der Waals surface area contributed by atoms with Gasteiger partial charge in [0.15, 0.2) is 0 Å². The number of carbonyl (C=O) groups excluding carboxylic acids is 2. The van der Waals surface area contributed by atoms with E-state index in [1.165, 1.54) is 18.2 Å². The Morgan fingerprint density at radius 2 is 1.76 bits per heavy atom. The zero-order chi connectivity index (χ0) is 21.0. The van der Waals surface area contributed by atoms with E-state index >= 15 is 0 Å². The van der Waals surface area contributed by atoms with Gasteiger partial charge in [-0.2, -0.15) is 0 Å². The smallest absolute Gasteiger partial charge is 0.254 e. The van der Waals surface area contributed by atoms with Gasteiger partial charge >= 0.3 is 0 Å². The van der Waals surface area contributed by atoms with Gasteiger partial charge in [-0.15, -0.1) is 0 Å². The van der Waals surface area contributed by atoms with E-state index in [9.17, 15) is 14.0 Å². The minimum absolute atomic E-state index is 0.0608. The topological polar surface area (TPSA) is 75.4 Å². The molecule has 1 saturated heterocycles. The van der Waals surface area contributed by atoms with Gasteiger partial charge in [0.2, 0.25) is 5.91 Å². The van der Waals surface area contributed by atoms with Crippen LogP contribution in [-0.2, 0) is 4.79 Å². The standard InChI is InChI=1S/C23H28FN3O2/c1-15(2)21(26-22(28)18-10-6-7-11-20(18)24)23(29)27-13-17(12-25)19(14-27)16-8-4-3-5-9-16/h3-11,15,17,19,21H,12-14,25H2,1-2H3,(H,26,28)/t17-,19+,21?/m1/s1. The number of rotatable bonds is 6. The van der Waals surface area contributed by atoms with Crippen molar-refractivity contribution in [2.24, 2.45) is 17.6 Å². The van der Waals surface area contributed by atoms with Crippen molar-refractivity contribution in [1.82, 2.24) is 10.2 Å². The van der Waals surface area contributed by atoms with E-state index in [0.717, 1.165) is 5.56 Å². The first kappa shape index (κ1) is 21.0. The molecule has 29 heavy (non-hydrogen) atoms. The molecule has 1 fully saturated rings. The van der Waals surface area contributed by atoms with Gasteiger partial charge in [0, 0.05) is 19.0 Å². The van der Waals surface area contributed by atoms with E-state index in [2.05, 4.69) is 17.4 Å². The van der Waals surface area contributed by atoms with E-state index in [1.807, 2.05) is 32.0 Å². The van der Waals surface area contributed by atoms with Crippen LogP contribution in [0.15, 0.2) is 54.6 Å². The summed E-state index contributed by atoms with van der Waals surface area (Å²) >= 11 is 0. The van der Waals surface area contributed by atoms with Crippen molar-refractivity contribution in [1.29, 1.82) is 0 Å². The summed E-state index contributed by atoms with van der Waals surface area (Å²) in [5, 5.41) is 2.74. The Kier molecular flexibility index (Phi) is 6.64. The molecule has 0 saturated carbocycles. The monoisotopic (exact) mass is 397 g/mol. The third-order valence-corrected chi connectivity index (χ3v) is 5.62. The van der Waals surface area contributed by atoms with Crippen molar-refractivity contribution in [2.75, 3.05) is 19.6 Å². The van der Waals surface area contributed by atoms with E-state index in [0.29, 0.717) is 19.6 Å². The molecule has 3 atom stereocenters. The lowest BCUT2D eigenvalue weighted by molar-refractivity contribution is -0.133. The van der Waals surface area contributed by atoms with Crippen LogP contribution in [-0.4, -0.2) is 42.4 Å². The van der Waals surface area contributed by atoms with Crippen LogP contribution in [0.3, 0.4) is 0 Å². The molecule has 2 aromatic rings. The summed E-state index contributed by atoms with van der Waals surface area (Å²) in [6, 6.07) is 15.1. The Hall–Kier alpha value is -2.73. The van der Waals surface area contributed by atoms with Gasteiger partial charge in [0.05, 0.1) is 5.56 Å². The van der Waals surface area contributed by atoms with Gasteiger partial charge in [-0.3, -0.25) is 9.59 Å². The molecular formula is C23H28FN3O2. The average molecular weight is 397 g/mol. The number of nitrogens with one attached hydrogen (secondary N) is 1. The molecule has 6 heteroatoms. The molecule has 3 rings (SSSR count). The Labute approximate surface area is 171 Å². The van der Waals surface area contributed by atoms with Crippen molar-refractivity contribution in [3.05, 3.63) is 71.5 Å². The molecule has 1 unspecified atom stereocenters. The number of carbonyl (C=O) groups is 2. The lowest BCUT2D eigenvalue weighted by Crippen LogP contribution is -2.51. The van der Waals surface area contributed by atoms with Crippen molar-refractivity contribution >= 4 is 11.8 Å². The normalized spacial score (nSPS) is 20.0. The maximum absolute atomic E-state index is 14.0. The molecule has 0 radical (unpaired) electrons. The molecule has 5 nitrogen and oxygen atoms in total. The van der Waals surface area contributed by atoms with E-state index in [4.69, 9.17) is 5.73 Å². The number of hydrogen-bond acceptors (Lipinski definition) is 3. The van der Waals surface area contributed by atoms with E-state index < -0.39 is 17.8 Å². The van der Waals surface area contributed by atoms with Gasteiger partial charge in [-0.1, -0.05) is 56.3 Å². The quantitative estimate of drug-likeness (QED) is 0.787. The number of amides is 2. The molecule has 1 heterocycles. The van der Waals surface area contributed by atoms with Crippen molar-refractivity contribution < 1.29 is 14.0 Å². The summed E-state index contributed by atoms with van der Waals surface area (Å²) in [7, 11) is 0. The summed E-state index contributed by atoms with van der Waals surface area (Å²) in [5.41, 5.74) is 7.08. The molecule has 0 aliphatic carbocycles. The summed E-state index contributed by atoms with van der Waals surface area (Å²) in [6.45, 7) is 5.33. The predicted molar refractivity (Wildman–Crippen MR) is 111 cm³/mol. The Balaban J connectivity index is 1.75. The molecule has 2 aromatic carbocycles. The summed E-state index contributed by atoms with van der Waals surface area (Å²) in [5.74, 6) is -1.14. The Morgan fingerprint density at radius 1 is 1.10 bits per heavy atom. The zero-order valence-electron chi connectivity index (χ0n) is 16.8. The highest BCUT2D eigenvalue weighted by atomic mass is 19.1. The maximum atomic E-state index is 14.0. The zero-order valence-corrected chi connectivity index (χ0v) is 16.8. The molecule has 0 aromatic heterocycles. The van der Waals surface area contributed by atoms with Crippen LogP contribution in [0.4, 0.5) is 4.39 Å². The number of hydrogen-bond donors (Lipinski definition) is 2. The number of halogens is 1. The lowest BCUT2D eigenvalue weighted by Gasteiger charge is -2.27. The van der Waals surface area contributed by atoms with Crippen LogP contribution < -0.4 is 11.1 Å². The molecule has 154 valence electrons. The fourth-order valence-corrected chi connectivity index (χ4v) is 3.94. The van der Waals surface area contributed by atoms with Crippen LogP contribution in [0.2, 0.25) is 0 Å². The average Bonchev–Trinajstić information content (AvgIpc) is 3.16. The molecule has 2 amide bonds. The van der Waals surface area contributed by atoms with Crippen LogP contribution in [0.25, 0.3) is 0 Å². The highest BCUT2D eigenvalue weighted by Crippen LogP contribution is 2.32. The molecule has 1 aliphatic heterocycles. The van der Waals surface area contributed by atoms with Gasteiger partial charge in [-0.05, 0) is 36.1 Å². The maximum Gasteiger partial charge on any atom is 0.254 e. The third-order valence-electron chi connectivity index (χ3n) is 5.62. The second-order valence-corrected chi connectivity index (χ2v) is 7.93. The number of benzene rings is 2. The largest absolute Gasteiger partial charge is 0.340 e. The second-order valence-electron chi connectivity index (χ2n) is 7.93. The van der Waals surface area contributed by atoms with Crippen LogP contribution >= 0.6 is 0 Å². The summed E-state index contributed by atoms with van der Waals surface area (Å²) in [6.07, 6.45) is 0. The van der Waals surface area contributed by atoms with E-state index in [-0.39, 0.29) is 29.2 Å². The Morgan fingerprint density at radius 3 is 2.38 bits per heavy atom. The fraction of sp³-hybridized carbons (Fsp3) is 0.391. The van der Waals surface area contributed by atoms with Crippen LogP contribution in [0.1, 0.15) is 35.7 Å². The van der Waals surface area contributed by atoms with Crippen LogP contribution in [0, 0.1) is 17.7 Å². The molecule has 1 aliphatic rings. The second kappa shape index (κ2) is 9.18. The first-order valence-corrected chi connectivity index (χ1v) is 10.0. The number of nitrogens with zero attached hydrogens (tertiary/aromatic N) is 1. The predicted octanol–water partition coefficient (Wildman–Crippen LogP) is 2.78. The Bertz CT molecular complexity index is 856. The molecule has 0 bridgehead atoms. The van der Waals surface area contributed by atoms with Crippen molar-refractivity contribution in [3.8, 4) is 0 Å². The van der Waals surface area contributed by atoms with Gasteiger partial charge < -0.3 is 16.0 Å². The lowest BCUT2D eigenvalue weighted by atomic mass is 9.89. The first-order valence-electron chi connectivity index (χ1n) is 10.0. The van der Waals surface area contributed by atoms with Crippen LogP contribution in [0.5, 0.6) is 0 Å². The minimum atomic E-state index is -0.727. The highest BCUT2D eigenvalue weighted by Gasteiger charge is 2.38. The molecule has 0 spiro atoms. The number of nitrogens with two attached hydrogens (primary N) is 1. The summed E-state index contributed by atoms with van der Waals surface area (Å²) in [4.78, 5) is 27.6. The van der Waals surface area contributed by atoms with Crippen molar-refractivity contribution in [3.63, 3.8) is 0 Å².